The Kier molecular flexibility index (Phi) is 2.84. The van der Waals surface area contributed by atoms with Crippen molar-refractivity contribution in [3.8, 4) is 0 Å². The fraction of sp³-hybridized carbons (Fsp3) is 0.750. The predicted molar refractivity (Wildman–Crippen MR) is 69.6 cm³/mol. The second kappa shape index (κ2) is 2.84. The second-order valence-corrected chi connectivity index (χ2v) is 21.4. The van der Waals surface area contributed by atoms with E-state index in [1.165, 1.54) is 23.1 Å². The van der Waals surface area contributed by atoms with Gasteiger partial charge in [-0.3, -0.25) is 0 Å². The van der Waals surface area contributed by atoms with E-state index in [0.717, 1.165) is 0 Å². The molecule has 0 saturated carbocycles. The Labute approximate surface area is 115 Å². The van der Waals surface area contributed by atoms with Crippen LogP contribution in [0.3, 0.4) is 0 Å². The summed E-state index contributed by atoms with van der Waals surface area (Å²) in [6.45, 7) is 0. The molecule has 0 atom stereocenters. The molecular formula is C4H6Cl7N2P. The van der Waals surface area contributed by atoms with E-state index in [4.69, 9.17) is 79.8 Å². The molecule has 10 heteroatoms. The van der Waals surface area contributed by atoms with Gasteiger partial charge in [0.05, 0.1) is 0 Å². The number of nitrogens with zero attached hydrogens (tertiary/aromatic N) is 2. The molecule has 1 rings (SSSR count). The standard InChI is InChI=1S/C4H6Cl7N2P/c1-12-3(4(5,6)7)13(2)14(12,8,9,10)11/h1-2H3. The zero-order chi connectivity index (χ0) is 11.6. The third-order valence-electron chi connectivity index (χ3n) is 2.04. The van der Waals surface area contributed by atoms with Crippen molar-refractivity contribution in [2.24, 2.45) is 0 Å². The number of hydrogen-bond donors (Lipinski definition) is 0. The van der Waals surface area contributed by atoms with Crippen LogP contribution in [0.1, 0.15) is 0 Å². The van der Waals surface area contributed by atoms with E-state index in [0.29, 0.717) is 0 Å². The van der Waals surface area contributed by atoms with Gasteiger partial charge < -0.3 is 0 Å². The van der Waals surface area contributed by atoms with Crippen molar-refractivity contribution in [3.63, 3.8) is 0 Å². The van der Waals surface area contributed by atoms with Crippen molar-refractivity contribution >= 4 is 89.3 Å². The first kappa shape index (κ1) is 14.0. The summed E-state index contributed by atoms with van der Waals surface area (Å²) in [6.07, 6.45) is 0. The maximum absolute atomic E-state index is 6.00. The summed E-state index contributed by atoms with van der Waals surface area (Å²) in [5, 5.41) is 0. The Bertz CT molecular complexity index is 334. The summed E-state index contributed by atoms with van der Waals surface area (Å²) >= 11 is 41.0. The molecule has 0 fully saturated rings. The Hall–Kier alpha value is 1.93. The van der Waals surface area contributed by atoms with Crippen LogP contribution in [0.4, 0.5) is 0 Å². The van der Waals surface area contributed by atoms with E-state index in [2.05, 4.69) is 0 Å². The van der Waals surface area contributed by atoms with Crippen molar-refractivity contribution < 1.29 is 4.35 Å². The maximum atomic E-state index is 6.00. The molecule has 0 aromatic rings. The Balaban J connectivity index is 3.42. The Morgan fingerprint density at radius 3 is 1.64 bits per heavy atom. The minimum absolute atomic E-state index is 0.230. The number of halogens is 7. The molecule has 0 aliphatic carbocycles. The van der Waals surface area contributed by atoms with Gasteiger partial charge >= 0.3 is 116 Å². The summed E-state index contributed by atoms with van der Waals surface area (Å²) < 4.78 is -3.97. The summed E-state index contributed by atoms with van der Waals surface area (Å²) in [7, 11) is 2.93. The monoisotopic (exact) mass is 358 g/mol. The van der Waals surface area contributed by atoms with Crippen molar-refractivity contribution in [3.05, 3.63) is 0 Å². The van der Waals surface area contributed by atoms with Gasteiger partial charge in [-0.25, -0.2) is 0 Å². The van der Waals surface area contributed by atoms with Gasteiger partial charge in [0.25, 0.3) is 0 Å². The fourth-order valence-corrected chi connectivity index (χ4v) is 5.53. The number of rotatable bonds is 0. The minimum atomic E-state index is -4.69. The number of hydrogen-bond acceptors (Lipinski definition) is 1. The fourth-order valence-electron chi connectivity index (χ4n) is 1.11. The molecule has 0 saturated heterocycles. The quantitative estimate of drug-likeness (QED) is 0.440. The van der Waals surface area contributed by atoms with Crippen LogP contribution in [0.25, 0.3) is 0 Å². The van der Waals surface area contributed by atoms with Gasteiger partial charge in [-0.1, -0.05) is 0 Å². The summed E-state index contributed by atoms with van der Waals surface area (Å²) in [5.41, 5.74) is 0. The first-order valence-corrected chi connectivity index (χ1v) is 10.6. The summed E-state index contributed by atoms with van der Waals surface area (Å²) in [5.74, 6) is 0.230. The van der Waals surface area contributed by atoms with Gasteiger partial charge in [-0.2, -0.15) is 0 Å². The van der Waals surface area contributed by atoms with Gasteiger partial charge in [0, 0.05) is 0 Å². The van der Waals surface area contributed by atoms with E-state index >= 15 is 0 Å². The summed E-state index contributed by atoms with van der Waals surface area (Å²) in [6, 6.07) is 0. The third-order valence-corrected chi connectivity index (χ3v) is 10.7. The SMILES string of the molecule is CN1C(C(Cl)(Cl)Cl)=[N+](C)[P-]1(Cl)(Cl)(Cl)Cl. The average molecular weight is 361 g/mol. The van der Waals surface area contributed by atoms with Crippen molar-refractivity contribution in [2.75, 3.05) is 14.1 Å². The predicted octanol–water partition coefficient (Wildman–Crippen LogP) is 4.88. The molecule has 0 spiro atoms. The summed E-state index contributed by atoms with van der Waals surface area (Å²) in [4.78, 5) is 0. The normalized spacial score (nSPS) is 33.6. The molecule has 0 N–H and O–H groups in total. The van der Waals surface area contributed by atoms with E-state index in [9.17, 15) is 0 Å². The molecule has 1 aliphatic heterocycles. The number of amidine groups is 1. The molecule has 2 nitrogen and oxygen atoms in total. The molecule has 0 unspecified atom stereocenters. The first-order valence-electron chi connectivity index (χ1n) is 3.23. The van der Waals surface area contributed by atoms with E-state index in [1.54, 1.807) is 0 Å². The van der Waals surface area contributed by atoms with Gasteiger partial charge in [0.2, 0.25) is 0 Å². The van der Waals surface area contributed by atoms with Crippen LogP contribution in [0.5, 0.6) is 0 Å². The van der Waals surface area contributed by atoms with Gasteiger partial charge in [0.1, 0.15) is 0 Å². The van der Waals surface area contributed by atoms with Gasteiger partial charge in [0.15, 0.2) is 0 Å². The molecule has 86 valence electrons. The van der Waals surface area contributed by atoms with Crippen LogP contribution in [-0.2, 0) is 0 Å². The topological polar surface area (TPSA) is 6.25 Å². The van der Waals surface area contributed by atoms with E-state index in [-0.39, 0.29) is 5.84 Å². The first-order chi connectivity index (χ1) is 5.71. The van der Waals surface area contributed by atoms with Gasteiger partial charge in [-0.15, -0.1) is 0 Å². The van der Waals surface area contributed by atoms with Crippen molar-refractivity contribution in [2.45, 2.75) is 3.79 Å². The Morgan fingerprint density at radius 2 is 1.50 bits per heavy atom. The van der Waals surface area contributed by atoms with Crippen molar-refractivity contribution in [1.29, 1.82) is 0 Å². The number of alkyl halides is 3. The van der Waals surface area contributed by atoms with Crippen LogP contribution in [0.2, 0.25) is 0 Å². The average Bonchev–Trinajstić information content (AvgIpc) is 1.81. The zero-order valence-electron chi connectivity index (χ0n) is 6.99. The molecule has 1 heterocycles. The van der Waals surface area contributed by atoms with Crippen LogP contribution in [-0.4, -0.2) is 32.7 Å². The van der Waals surface area contributed by atoms with Crippen LogP contribution < -0.4 is 0 Å². The van der Waals surface area contributed by atoms with Crippen molar-refractivity contribution in [1.82, 2.24) is 4.67 Å². The Morgan fingerprint density at radius 1 is 1.14 bits per heavy atom. The molecule has 1 aliphatic rings. The molecular weight excluding hydrogens is 355 g/mol. The van der Waals surface area contributed by atoms with Crippen LogP contribution >= 0.6 is 83.4 Å². The van der Waals surface area contributed by atoms with Gasteiger partial charge in [-0.05, 0) is 0 Å². The molecule has 0 aromatic heterocycles. The van der Waals surface area contributed by atoms with Crippen LogP contribution in [0.15, 0.2) is 0 Å². The molecule has 0 amide bonds. The second-order valence-electron chi connectivity index (χ2n) is 2.95. The molecule has 0 radical (unpaired) electrons. The van der Waals surface area contributed by atoms with Crippen LogP contribution in [0, 0.1) is 0 Å². The molecule has 0 bridgehead atoms. The van der Waals surface area contributed by atoms with E-state index in [1.807, 2.05) is 0 Å². The molecule has 0 aromatic carbocycles. The molecule has 14 heavy (non-hydrogen) atoms. The zero-order valence-corrected chi connectivity index (χ0v) is 13.2. The van der Waals surface area contributed by atoms with E-state index < -0.39 is 7.45 Å². The third kappa shape index (κ3) is 1.80.